The molecule has 0 aromatic heterocycles. The molecule has 2 aliphatic rings. The Hall–Kier alpha value is -3.88. The van der Waals surface area contributed by atoms with Gasteiger partial charge in [-0.15, -0.1) is 0 Å². The standard InChI is InChI=1S/C21H20N4O5/c26-18(23-24-19(27)13-5-2-1-3-6-13)12-30-21(29)14-8-9-16-15(11-14)22-20(28)17-7-4-10-25(16)17/h1-3,5-6,8-9,11,17H,4,7,10,12H2,(H,22,28)(H,23,26)(H,24,27)/t17-/m1/s1. The highest BCUT2D eigenvalue weighted by Crippen LogP contribution is 2.37. The minimum Gasteiger partial charge on any atom is -0.452 e. The highest BCUT2D eigenvalue weighted by Gasteiger charge is 2.36. The Morgan fingerprint density at radius 3 is 2.67 bits per heavy atom. The normalized spacial score (nSPS) is 16.7. The molecule has 0 aliphatic carbocycles. The molecule has 1 fully saturated rings. The monoisotopic (exact) mass is 408 g/mol. The first-order valence-corrected chi connectivity index (χ1v) is 9.56. The van der Waals surface area contributed by atoms with Crippen molar-refractivity contribution >= 4 is 35.1 Å². The number of benzene rings is 2. The van der Waals surface area contributed by atoms with Gasteiger partial charge in [0, 0.05) is 12.1 Å². The van der Waals surface area contributed by atoms with Gasteiger partial charge in [0.15, 0.2) is 6.61 Å². The Labute approximate surface area is 172 Å². The maximum absolute atomic E-state index is 12.3. The Morgan fingerprint density at radius 2 is 1.87 bits per heavy atom. The van der Waals surface area contributed by atoms with Crippen molar-refractivity contribution in [3.05, 3.63) is 59.7 Å². The van der Waals surface area contributed by atoms with Crippen LogP contribution in [0.1, 0.15) is 33.6 Å². The fourth-order valence-corrected chi connectivity index (χ4v) is 3.60. The Balaban J connectivity index is 1.31. The van der Waals surface area contributed by atoms with Gasteiger partial charge in [-0.1, -0.05) is 18.2 Å². The second kappa shape index (κ2) is 8.24. The third kappa shape index (κ3) is 3.95. The number of carbonyl (C=O) groups is 4. The van der Waals surface area contributed by atoms with Gasteiger partial charge in [-0.2, -0.15) is 0 Å². The molecule has 2 aromatic carbocycles. The molecular weight excluding hydrogens is 388 g/mol. The molecule has 2 aliphatic heterocycles. The van der Waals surface area contributed by atoms with Crippen LogP contribution in [0, 0.1) is 0 Å². The van der Waals surface area contributed by atoms with E-state index in [0.717, 1.165) is 25.1 Å². The average molecular weight is 408 g/mol. The number of rotatable bonds is 4. The van der Waals surface area contributed by atoms with E-state index in [4.69, 9.17) is 4.74 Å². The van der Waals surface area contributed by atoms with Crippen LogP contribution >= 0.6 is 0 Å². The molecule has 0 saturated carbocycles. The highest BCUT2D eigenvalue weighted by molar-refractivity contribution is 6.05. The van der Waals surface area contributed by atoms with E-state index in [2.05, 4.69) is 16.2 Å². The van der Waals surface area contributed by atoms with Crippen LogP contribution in [0.25, 0.3) is 0 Å². The Kier molecular flexibility index (Phi) is 5.34. The van der Waals surface area contributed by atoms with Crippen LogP contribution in [0.3, 0.4) is 0 Å². The molecule has 3 amide bonds. The van der Waals surface area contributed by atoms with Gasteiger partial charge in [-0.05, 0) is 43.2 Å². The van der Waals surface area contributed by atoms with Crippen molar-refractivity contribution < 1.29 is 23.9 Å². The highest BCUT2D eigenvalue weighted by atomic mass is 16.5. The maximum Gasteiger partial charge on any atom is 0.338 e. The first-order chi connectivity index (χ1) is 14.5. The minimum atomic E-state index is -0.708. The summed E-state index contributed by atoms with van der Waals surface area (Å²) in [5.74, 6) is -1.96. The lowest BCUT2D eigenvalue weighted by atomic mass is 10.1. The molecule has 1 saturated heterocycles. The molecule has 30 heavy (non-hydrogen) atoms. The molecule has 4 rings (SSSR count). The molecule has 1 atom stereocenters. The summed E-state index contributed by atoms with van der Waals surface area (Å²) in [7, 11) is 0. The lowest BCUT2D eigenvalue weighted by molar-refractivity contribution is -0.125. The number of hydrogen-bond acceptors (Lipinski definition) is 6. The molecule has 0 bridgehead atoms. The van der Waals surface area contributed by atoms with Crippen molar-refractivity contribution in [2.75, 3.05) is 23.4 Å². The number of esters is 1. The number of nitrogens with zero attached hydrogens (tertiary/aromatic N) is 1. The van der Waals surface area contributed by atoms with E-state index in [1.54, 1.807) is 48.5 Å². The van der Waals surface area contributed by atoms with E-state index in [-0.39, 0.29) is 17.5 Å². The molecular formula is C21H20N4O5. The molecule has 2 heterocycles. The van der Waals surface area contributed by atoms with E-state index in [1.807, 2.05) is 4.90 Å². The average Bonchev–Trinajstić information content (AvgIpc) is 3.27. The van der Waals surface area contributed by atoms with Crippen LogP contribution in [0.2, 0.25) is 0 Å². The summed E-state index contributed by atoms with van der Waals surface area (Å²) >= 11 is 0. The lowest BCUT2D eigenvalue weighted by Gasteiger charge is -2.33. The number of hydrogen-bond donors (Lipinski definition) is 3. The van der Waals surface area contributed by atoms with Crippen LogP contribution in [-0.2, 0) is 14.3 Å². The topological polar surface area (TPSA) is 117 Å². The zero-order valence-corrected chi connectivity index (χ0v) is 16.0. The summed E-state index contributed by atoms with van der Waals surface area (Å²) in [6.45, 7) is 0.231. The second-order valence-corrected chi connectivity index (χ2v) is 7.02. The fraction of sp³-hybridized carbons (Fsp3) is 0.238. The number of fused-ring (bicyclic) bond motifs is 3. The third-order valence-corrected chi connectivity index (χ3v) is 5.04. The molecule has 154 valence electrons. The number of anilines is 2. The number of ether oxygens (including phenoxy) is 1. The summed E-state index contributed by atoms with van der Waals surface area (Å²) < 4.78 is 5.00. The molecule has 2 aromatic rings. The van der Waals surface area contributed by atoms with Gasteiger partial charge in [0.1, 0.15) is 6.04 Å². The Bertz CT molecular complexity index is 1010. The van der Waals surface area contributed by atoms with Crippen molar-refractivity contribution in [2.24, 2.45) is 0 Å². The molecule has 0 spiro atoms. The van der Waals surface area contributed by atoms with E-state index < -0.39 is 24.4 Å². The third-order valence-electron chi connectivity index (χ3n) is 5.04. The SMILES string of the molecule is O=C(COC(=O)c1ccc2c(c1)NC(=O)[C@H]1CCCN21)NNC(=O)c1ccccc1. The van der Waals surface area contributed by atoms with Crippen LogP contribution < -0.4 is 21.1 Å². The lowest BCUT2D eigenvalue weighted by Crippen LogP contribution is -2.44. The van der Waals surface area contributed by atoms with Crippen molar-refractivity contribution in [1.82, 2.24) is 10.9 Å². The van der Waals surface area contributed by atoms with Crippen LogP contribution in [0.5, 0.6) is 0 Å². The van der Waals surface area contributed by atoms with E-state index >= 15 is 0 Å². The van der Waals surface area contributed by atoms with Gasteiger partial charge in [0.25, 0.3) is 11.8 Å². The van der Waals surface area contributed by atoms with Crippen molar-refractivity contribution in [3.63, 3.8) is 0 Å². The molecule has 3 N–H and O–H groups in total. The quantitative estimate of drug-likeness (QED) is 0.518. The second-order valence-electron chi connectivity index (χ2n) is 7.02. The Morgan fingerprint density at radius 1 is 1.07 bits per heavy atom. The first kappa shape index (κ1) is 19.4. The van der Waals surface area contributed by atoms with Gasteiger partial charge in [0.2, 0.25) is 5.91 Å². The summed E-state index contributed by atoms with van der Waals surface area (Å²) in [6.07, 6.45) is 1.75. The van der Waals surface area contributed by atoms with Gasteiger partial charge < -0.3 is 15.0 Å². The van der Waals surface area contributed by atoms with E-state index in [0.29, 0.717) is 11.3 Å². The maximum atomic E-state index is 12.3. The predicted octanol–water partition coefficient (Wildman–Crippen LogP) is 1.23. The van der Waals surface area contributed by atoms with Crippen molar-refractivity contribution in [3.8, 4) is 0 Å². The zero-order valence-electron chi connectivity index (χ0n) is 16.0. The van der Waals surface area contributed by atoms with Gasteiger partial charge >= 0.3 is 5.97 Å². The van der Waals surface area contributed by atoms with Crippen molar-refractivity contribution in [1.29, 1.82) is 0 Å². The zero-order chi connectivity index (χ0) is 21.1. The van der Waals surface area contributed by atoms with Crippen molar-refractivity contribution in [2.45, 2.75) is 18.9 Å². The fourth-order valence-electron chi connectivity index (χ4n) is 3.60. The van der Waals surface area contributed by atoms with E-state index in [9.17, 15) is 19.2 Å². The minimum absolute atomic E-state index is 0.0842. The van der Waals surface area contributed by atoms with Gasteiger partial charge in [0.05, 0.1) is 16.9 Å². The molecule has 9 heteroatoms. The summed E-state index contributed by atoms with van der Waals surface area (Å²) in [5, 5.41) is 2.82. The predicted molar refractivity (Wildman–Crippen MR) is 108 cm³/mol. The smallest absolute Gasteiger partial charge is 0.338 e. The van der Waals surface area contributed by atoms with Gasteiger partial charge in [-0.3, -0.25) is 25.2 Å². The number of amides is 3. The van der Waals surface area contributed by atoms with Gasteiger partial charge in [-0.25, -0.2) is 4.79 Å². The van der Waals surface area contributed by atoms with E-state index in [1.165, 1.54) is 0 Å². The van der Waals surface area contributed by atoms with Crippen LogP contribution in [-0.4, -0.2) is 42.9 Å². The molecule has 0 radical (unpaired) electrons. The summed E-state index contributed by atoms with van der Waals surface area (Å²) in [6, 6.07) is 13.1. The molecule has 0 unspecified atom stereocenters. The van der Waals surface area contributed by atoms with Crippen LogP contribution in [0.15, 0.2) is 48.5 Å². The summed E-state index contributed by atoms with van der Waals surface area (Å²) in [4.78, 5) is 50.3. The number of hydrazine groups is 1. The molecule has 9 nitrogen and oxygen atoms in total. The number of carbonyl (C=O) groups excluding carboxylic acids is 4. The summed E-state index contributed by atoms with van der Waals surface area (Å²) in [5.41, 5.74) is 6.45. The number of nitrogens with one attached hydrogen (secondary N) is 3. The van der Waals surface area contributed by atoms with Crippen LogP contribution in [0.4, 0.5) is 11.4 Å². The first-order valence-electron chi connectivity index (χ1n) is 9.56. The largest absolute Gasteiger partial charge is 0.452 e.